The first-order valence-corrected chi connectivity index (χ1v) is 4.71. The fourth-order valence-corrected chi connectivity index (χ4v) is 1.58. The average Bonchev–Trinajstić information content (AvgIpc) is 2.31. The summed E-state index contributed by atoms with van der Waals surface area (Å²) in [6.07, 6.45) is 0. The molecule has 0 aliphatic carbocycles. The Morgan fingerprint density at radius 2 is 1.61 bits per heavy atom. The molecule has 18 heavy (non-hydrogen) atoms. The van der Waals surface area contributed by atoms with Crippen LogP contribution in [0.2, 0.25) is 0 Å². The van der Waals surface area contributed by atoms with E-state index < -0.39 is 47.1 Å². The smallest absolute Gasteiger partial charge is 0.509 e. The van der Waals surface area contributed by atoms with Gasteiger partial charge in [-0.3, -0.25) is 0 Å². The van der Waals surface area contributed by atoms with Crippen LogP contribution in [-0.4, -0.2) is 17.4 Å². The van der Waals surface area contributed by atoms with Gasteiger partial charge in [-0.1, -0.05) is 12.1 Å². The molecule has 0 aliphatic rings. The molecule has 0 aromatic heterocycles. The maximum absolute atomic E-state index is 13.4. The third kappa shape index (κ3) is 1.89. The van der Waals surface area contributed by atoms with E-state index in [4.69, 9.17) is 10.0 Å². The lowest BCUT2D eigenvalue weighted by molar-refractivity contribution is 0.280. The van der Waals surface area contributed by atoms with Gasteiger partial charge < -0.3 is 14.7 Å². The summed E-state index contributed by atoms with van der Waals surface area (Å²) in [5.74, 6) is -7.53. The van der Waals surface area contributed by atoms with Gasteiger partial charge in [0.1, 0.15) is 5.82 Å². The Balaban J connectivity index is 2.88. The van der Waals surface area contributed by atoms with Crippen LogP contribution in [0.4, 0.5) is 17.6 Å². The van der Waals surface area contributed by atoms with Crippen molar-refractivity contribution in [2.75, 3.05) is 0 Å². The van der Waals surface area contributed by atoms with Crippen molar-refractivity contribution in [2.45, 2.75) is 0 Å². The summed E-state index contributed by atoms with van der Waals surface area (Å²) in [6, 6.07) is 3.02. The molecule has 2 aromatic rings. The van der Waals surface area contributed by atoms with Crippen molar-refractivity contribution in [3.63, 3.8) is 0 Å². The number of hydrogen-bond acceptors (Lipinski definition) is 3. The molecular formula is C10H5BF4O3. The quantitative estimate of drug-likeness (QED) is 0.491. The summed E-state index contributed by atoms with van der Waals surface area (Å²) in [4.78, 5) is 0. The van der Waals surface area contributed by atoms with Crippen LogP contribution >= 0.6 is 0 Å². The summed E-state index contributed by atoms with van der Waals surface area (Å²) < 4.78 is 57.6. The second-order valence-corrected chi connectivity index (χ2v) is 3.38. The van der Waals surface area contributed by atoms with Crippen molar-refractivity contribution in [2.24, 2.45) is 0 Å². The molecule has 0 bridgehead atoms. The number of rotatable bonds is 2. The molecule has 2 N–H and O–H groups in total. The Bertz CT molecular complexity index is 618. The second-order valence-electron chi connectivity index (χ2n) is 3.38. The Morgan fingerprint density at radius 3 is 2.22 bits per heavy atom. The van der Waals surface area contributed by atoms with Crippen LogP contribution in [-0.2, 0) is 0 Å². The second kappa shape index (κ2) is 4.47. The molecule has 0 spiro atoms. The zero-order valence-corrected chi connectivity index (χ0v) is 8.62. The molecule has 3 nitrogen and oxygen atoms in total. The molecule has 0 fully saturated rings. The molecule has 0 atom stereocenters. The highest BCUT2D eigenvalue weighted by Gasteiger charge is 2.26. The van der Waals surface area contributed by atoms with E-state index in [9.17, 15) is 17.6 Å². The van der Waals surface area contributed by atoms with E-state index >= 15 is 0 Å². The molecular weight excluding hydrogens is 255 g/mol. The molecule has 0 heterocycles. The van der Waals surface area contributed by atoms with E-state index in [1.807, 2.05) is 0 Å². The van der Waals surface area contributed by atoms with Crippen molar-refractivity contribution in [3.05, 3.63) is 41.5 Å². The lowest BCUT2D eigenvalue weighted by atomic mass is 10.1. The highest BCUT2D eigenvalue weighted by Crippen LogP contribution is 2.34. The van der Waals surface area contributed by atoms with E-state index in [0.717, 1.165) is 18.2 Å². The number of halogens is 4. The highest BCUT2D eigenvalue weighted by molar-refractivity contribution is 6.34. The van der Waals surface area contributed by atoms with Crippen molar-refractivity contribution in [3.8, 4) is 5.75 Å². The maximum Gasteiger partial charge on any atom is 0.707 e. The van der Waals surface area contributed by atoms with Crippen molar-refractivity contribution < 1.29 is 32.3 Å². The lowest BCUT2D eigenvalue weighted by Crippen LogP contribution is -2.22. The highest BCUT2D eigenvalue weighted by atomic mass is 19.2. The Morgan fingerprint density at radius 1 is 0.944 bits per heavy atom. The normalized spacial score (nSPS) is 10.8. The summed E-state index contributed by atoms with van der Waals surface area (Å²) in [5.41, 5.74) is 0. The van der Waals surface area contributed by atoms with Gasteiger partial charge in [0, 0.05) is 5.39 Å². The molecule has 2 aromatic carbocycles. The fraction of sp³-hybridized carbons (Fsp3) is 0. The van der Waals surface area contributed by atoms with E-state index in [1.54, 1.807) is 0 Å². The minimum Gasteiger partial charge on any atom is -0.509 e. The molecule has 2 rings (SSSR count). The van der Waals surface area contributed by atoms with Gasteiger partial charge >= 0.3 is 7.32 Å². The summed E-state index contributed by atoms with van der Waals surface area (Å²) in [6.45, 7) is 0. The van der Waals surface area contributed by atoms with Gasteiger partial charge in [0.15, 0.2) is 17.4 Å². The predicted octanol–water partition coefficient (Wildman–Crippen LogP) is 1.74. The SMILES string of the molecule is OB(O)Oc1c(F)c(F)c(F)c2c(F)cccc12. The number of benzene rings is 2. The van der Waals surface area contributed by atoms with Gasteiger partial charge in [-0.15, -0.1) is 0 Å². The number of hydrogen-bond donors (Lipinski definition) is 2. The maximum atomic E-state index is 13.4. The molecule has 0 aliphatic heterocycles. The first-order valence-electron chi connectivity index (χ1n) is 4.71. The van der Waals surface area contributed by atoms with Crippen LogP contribution in [0.1, 0.15) is 0 Å². The predicted molar refractivity (Wildman–Crippen MR) is 54.6 cm³/mol. The van der Waals surface area contributed by atoms with Crippen molar-refractivity contribution in [1.82, 2.24) is 0 Å². The Labute approximate surface area is 98.4 Å². The Kier molecular flexibility index (Phi) is 3.14. The summed E-state index contributed by atoms with van der Waals surface area (Å²) >= 11 is 0. The minimum atomic E-state index is -2.45. The lowest BCUT2D eigenvalue weighted by Gasteiger charge is -2.11. The van der Waals surface area contributed by atoms with Crippen LogP contribution in [0.25, 0.3) is 10.8 Å². The first-order chi connectivity index (χ1) is 8.43. The number of fused-ring (bicyclic) bond motifs is 1. The van der Waals surface area contributed by atoms with Crippen LogP contribution in [0.3, 0.4) is 0 Å². The van der Waals surface area contributed by atoms with Gasteiger partial charge in [0.05, 0.1) is 5.39 Å². The molecule has 0 amide bonds. The van der Waals surface area contributed by atoms with Crippen LogP contribution in [0, 0.1) is 23.3 Å². The van der Waals surface area contributed by atoms with E-state index in [0.29, 0.717) is 0 Å². The van der Waals surface area contributed by atoms with E-state index in [1.165, 1.54) is 0 Å². The topological polar surface area (TPSA) is 49.7 Å². The van der Waals surface area contributed by atoms with Gasteiger partial charge in [-0.05, 0) is 6.07 Å². The molecule has 8 heteroatoms. The zero-order valence-electron chi connectivity index (χ0n) is 8.62. The molecule has 0 saturated carbocycles. The average molecular weight is 260 g/mol. The van der Waals surface area contributed by atoms with Crippen LogP contribution < -0.4 is 4.65 Å². The van der Waals surface area contributed by atoms with Crippen molar-refractivity contribution in [1.29, 1.82) is 0 Å². The summed E-state index contributed by atoms with van der Waals surface area (Å²) in [7, 11) is -2.45. The molecule has 94 valence electrons. The van der Waals surface area contributed by atoms with Crippen LogP contribution in [0.15, 0.2) is 18.2 Å². The molecule has 0 unspecified atom stereocenters. The van der Waals surface area contributed by atoms with Crippen LogP contribution in [0.5, 0.6) is 5.75 Å². The third-order valence-corrected chi connectivity index (χ3v) is 2.29. The third-order valence-electron chi connectivity index (χ3n) is 2.29. The standard InChI is InChI=1S/C10H5BF4O3/c12-5-3-1-2-4-6(5)7(13)8(14)9(15)10(4)18-11(16)17/h1-3,16-17H. The van der Waals surface area contributed by atoms with E-state index in [-0.39, 0.29) is 0 Å². The monoisotopic (exact) mass is 260 g/mol. The van der Waals surface area contributed by atoms with Gasteiger partial charge in [0.2, 0.25) is 5.82 Å². The van der Waals surface area contributed by atoms with Gasteiger partial charge in [-0.25, -0.2) is 13.2 Å². The zero-order chi connectivity index (χ0) is 13.4. The van der Waals surface area contributed by atoms with E-state index in [2.05, 4.69) is 4.65 Å². The van der Waals surface area contributed by atoms with Gasteiger partial charge in [-0.2, -0.15) is 4.39 Å². The molecule has 0 saturated heterocycles. The van der Waals surface area contributed by atoms with Gasteiger partial charge in [0.25, 0.3) is 0 Å². The summed E-state index contributed by atoms with van der Waals surface area (Å²) in [5, 5.41) is 15.9. The fourth-order valence-electron chi connectivity index (χ4n) is 1.58. The minimum absolute atomic E-state index is 0.445. The first kappa shape index (κ1) is 12.7. The largest absolute Gasteiger partial charge is 0.707 e. The molecule has 0 radical (unpaired) electrons. The van der Waals surface area contributed by atoms with Crippen molar-refractivity contribution >= 4 is 18.1 Å². The Hall–Kier alpha value is -1.80.